The molecule has 2 heterocycles. The van der Waals surface area contributed by atoms with Gasteiger partial charge < -0.3 is 10.5 Å². The van der Waals surface area contributed by atoms with E-state index >= 15 is 0 Å². The number of nitrogens with two attached hydrogens (primary N) is 1. The van der Waals surface area contributed by atoms with Gasteiger partial charge in [-0.1, -0.05) is 29.8 Å². The van der Waals surface area contributed by atoms with Crippen LogP contribution in [0.4, 0.5) is 5.82 Å². The van der Waals surface area contributed by atoms with Crippen molar-refractivity contribution in [2.45, 2.75) is 26.4 Å². The number of nitrogen functional groups attached to an aromatic ring is 1. The molecule has 2 N–H and O–H groups in total. The summed E-state index contributed by atoms with van der Waals surface area (Å²) in [6.45, 7) is 5.41. The molecule has 0 amide bonds. The molecule has 0 aliphatic rings. The Morgan fingerprint density at radius 1 is 1.07 bits per heavy atom. The van der Waals surface area contributed by atoms with Gasteiger partial charge >= 0.3 is 5.97 Å². The highest BCUT2D eigenvalue weighted by atomic mass is 35.5. The average Bonchev–Trinajstić information content (AvgIpc) is 2.89. The van der Waals surface area contributed by atoms with E-state index in [1.807, 2.05) is 36.4 Å². The minimum absolute atomic E-state index is 0.197. The summed E-state index contributed by atoms with van der Waals surface area (Å²) >= 11 is 6.17. The number of ether oxygens (including phenoxy) is 1. The maximum atomic E-state index is 12.9. The van der Waals surface area contributed by atoms with Gasteiger partial charge in [-0.3, -0.25) is 4.57 Å². The Hall–Kier alpha value is -3.12. The minimum atomic E-state index is -0.668. The van der Waals surface area contributed by atoms with Gasteiger partial charge in [-0.05, 0) is 51.1 Å². The summed E-state index contributed by atoms with van der Waals surface area (Å²) in [5.74, 6) is -0.331. The molecule has 0 aliphatic heterocycles. The molecule has 2 aromatic heterocycles. The van der Waals surface area contributed by atoms with Crippen LogP contribution in [0, 0.1) is 0 Å². The van der Waals surface area contributed by atoms with E-state index in [2.05, 4.69) is 4.98 Å². The molecule has 0 aliphatic carbocycles. The molecule has 0 unspecified atom stereocenters. The third-order valence-corrected chi connectivity index (χ3v) is 4.40. The molecule has 0 saturated carbocycles. The van der Waals surface area contributed by atoms with E-state index in [1.54, 1.807) is 37.5 Å². The first-order valence-corrected chi connectivity index (χ1v) is 9.18. The molecule has 28 heavy (non-hydrogen) atoms. The zero-order valence-corrected chi connectivity index (χ0v) is 16.5. The summed E-state index contributed by atoms with van der Waals surface area (Å²) < 4.78 is 7.25. The van der Waals surface area contributed by atoms with Gasteiger partial charge in [0.15, 0.2) is 5.65 Å². The topological polar surface area (TPSA) is 83.0 Å². The van der Waals surface area contributed by atoms with Crippen LogP contribution < -0.4 is 5.73 Å². The third kappa shape index (κ3) is 3.16. The lowest BCUT2D eigenvalue weighted by Gasteiger charge is -2.19. The number of carbonyl (C=O) groups excluding carboxylic acids is 1. The fourth-order valence-electron chi connectivity index (χ4n) is 3.07. The van der Waals surface area contributed by atoms with Crippen molar-refractivity contribution in [2.75, 3.05) is 5.73 Å². The number of carbonyl (C=O) groups is 1. The number of rotatable bonds is 2. The van der Waals surface area contributed by atoms with E-state index in [0.717, 1.165) is 0 Å². The molecule has 7 heteroatoms. The van der Waals surface area contributed by atoms with Gasteiger partial charge in [-0.15, -0.1) is 0 Å². The first-order chi connectivity index (χ1) is 13.2. The predicted molar refractivity (Wildman–Crippen MR) is 111 cm³/mol. The van der Waals surface area contributed by atoms with Crippen LogP contribution in [-0.2, 0) is 4.74 Å². The van der Waals surface area contributed by atoms with Crippen molar-refractivity contribution in [3.63, 3.8) is 0 Å². The van der Waals surface area contributed by atoms with Crippen molar-refractivity contribution >= 4 is 45.6 Å². The van der Waals surface area contributed by atoms with Gasteiger partial charge in [-0.2, -0.15) is 0 Å². The maximum Gasteiger partial charge on any atom is 0.344 e. The van der Waals surface area contributed by atoms with Gasteiger partial charge in [0.05, 0.1) is 16.7 Å². The summed E-state index contributed by atoms with van der Waals surface area (Å²) in [5, 5.41) is 0.548. The Kier molecular flexibility index (Phi) is 4.23. The average molecular weight is 395 g/mol. The fraction of sp³-hybridized carbons (Fsp3) is 0.190. The number of hydrogen-bond acceptors (Lipinski definition) is 5. The largest absolute Gasteiger partial charge is 0.456 e. The number of nitrogens with zero attached hydrogens (tertiary/aromatic N) is 3. The van der Waals surface area contributed by atoms with Crippen LogP contribution in [0.25, 0.3) is 27.9 Å². The molecular formula is C21H19ClN4O2. The highest BCUT2D eigenvalue weighted by Crippen LogP contribution is 2.32. The number of aromatic nitrogens is 3. The molecular weight excluding hydrogens is 376 g/mol. The summed E-state index contributed by atoms with van der Waals surface area (Å²) in [6, 6.07) is 14.6. The molecule has 0 saturated heterocycles. The van der Waals surface area contributed by atoms with E-state index in [0.29, 0.717) is 32.9 Å². The Bertz CT molecular complexity index is 1220. The number of anilines is 1. The first kappa shape index (κ1) is 18.3. The lowest BCUT2D eigenvalue weighted by Crippen LogP contribution is -2.24. The normalized spacial score (nSPS) is 11.9. The monoisotopic (exact) mass is 394 g/mol. The van der Waals surface area contributed by atoms with Gasteiger partial charge in [0.1, 0.15) is 22.5 Å². The lowest BCUT2D eigenvalue weighted by molar-refractivity contribution is 0.00728. The van der Waals surface area contributed by atoms with E-state index in [9.17, 15) is 4.79 Å². The Morgan fingerprint density at radius 3 is 2.39 bits per heavy atom. The smallest absolute Gasteiger partial charge is 0.344 e. The number of hydrogen-bond donors (Lipinski definition) is 1. The molecule has 0 atom stereocenters. The number of fused-ring (bicyclic) bond motifs is 2. The minimum Gasteiger partial charge on any atom is -0.456 e. The Labute approximate surface area is 166 Å². The number of para-hydroxylation sites is 2. The zero-order valence-electron chi connectivity index (χ0n) is 15.7. The Balaban J connectivity index is 2.07. The van der Waals surface area contributed by atoms with Crippen LogP contribution in [0.3, 0.4) is 0 Å². The van der Waals surface area contributed by atoms with Crippen molar-refractivity contribution in [3.05, 3.63) is 59.1 Å². The van der Waals surface area contributed by atoms with Gasteiger partial charge in [-0.25, -0.2) is 14.8 Å². The van der Waals surface area contributed by atoms with E-state index < -0.39 is 11.6 Å². The Morgan fingerprint density at radius 2 is 1.75 bits per heavy atom. The van der Waals surface area contributed by atoms with Crippen LogP contribution in [0.2, 0.25) is 5.02 Å². The van der Waals surface area contributed by atoms with Gasteiger partial charge in [0.2, 0.25) is 0 Å². The number of benzene rings is 2. The third-order valence-electron chi connectivity index (χ3n) is 4.17. The summed E-state index contributed by atoms with van der Waals surface area (Å²) in [6.07, 6.45) is 0. The highest BCUT2D eigenvalue weighted by molar-refractivity contribution is 6.30. The zero-order chi connectivity index (χ0) is 20.1. The molecule has 4 rings (SSSR count). The predicted octanol–water partition coefficient (Wildman–Crippen LogP) is 4.76. The van der Waals surface area contributed by atoms with Crippen LogP contribution in [0.15, 0.2) is 48.5 Å². The molecule has 6 nitrogen and oxygen atoms in total. The second kappa shape index (κ2) is 6.49. The summed E-state index contributed by atoms with van der Waals surface area (Å²) in [7, 11) is 0. The van der Waals surface area contributed by atoms with Crippen molar-refractivity contribution in [1.82, 2.24) is 14.5 Å². The first-order valence-electron chi connectivity index (χ1n) is 8.80. The molecule has 0 fully saturated rings. The maximum absolute atomic E-state index is 12.9. The van der Waals surface area contributed by atoms with Crippen LogP contribution in [-0.4, -0.2) is 26.1 Å². The van der Waals surface area contributed by atoms with Crippen molar-refractivity contribution < 1.29 is 9.53 Å². The van der Waals surface area contributed by atoms with Crippen molar-refractivity contribution in [2.24, 2.45) is 0 Å². The van der Waals surface area contributed by atoms with Crippen molar-refractivity contribution in [1.29, 1.82) is 0 Å². The van der Waals surface area contributed by atoms with Crippen molar-refractivity contribution in [3.8, 4) is 5.69 Å². The molecule has 0 spiro atoms. The SMILES string of the molecule is CC(C)(C)OC(=O)c1c(N)n(-c2cccc(Cl)c2)c2nc3ccccc3nc12. The quantitative estimate of drug-likeness (QED) is 0.495. The molecule has 142 valence electrons. The number of halogens is 1. The lowest BCUT2D eigenvalue weighted by atomic mass is 10.2. The second-order valence-electron chi connectivity index (χ2n) is 7.46. The van der Waals surface area contributed by atoms with E-state index in [4.69, 9.17) is 27.1 Å². The standard InChI is InChI=1S/C21H19ClN4O2/c1-21(2,3)28-20(27)16-17-19(25-15-10-5-4-9-14(15)24-17)26(18(16)23)13-8-6-7-12(22)11-13/h4-11H,23H2,1-3H3. The molecule has 2 aromatic carbocycles. The van der Waals surface area contributed by atoms with Gasteiger partial charge in [0.25, 0.3) is 0 Å². The highest BCUT2D eigenvalue weighted by Gasteiger charge is 2.28. The van der Waals surface area contributed by atoms with Crippen LogP contribution in [0.5, 0.6) is 0 Å². The van der Waals surface area contributed by atoms with E-state index in [-0.39, 0.29) is 11.4 Å². The molecule has 4 aromatic rings. The van der Waals surface area contributed by atoms with E-state index in [1.165, 1.54) is 0 Å². The molecule has 0 radical (unpaired) electrons. The second-order valence-corrected chi connectivity index (χ2v) is 7.90. The fourth-order valence-corrected chi connectivity index (χ4v) is 3.25. The summed E-state index contributed by atoms with van der Waals surface area (Å²) in [4.78, 5) is 22.3. The number of esters is 1. The van der Waals surface area contributed by atoms with Gasteiger partial charge in [0, 0.05) is 5.02 Å². The molecule has 0 bridgehead atoms. The van der Waals surface area contributed by atoms with Crippen LogP contribution in [0.1, 0.15) is 31.1 Å². The summed E-state index contributed by atoms with van der Waals surface area (Å²) in [5.41, 5.74) is 8.87. The van der Waals surface area contributed by atoms with Crippen LogP contribution >= 0.6 is 11.6 Å².